The van der Waals surface area contributed by atoms with E-state index in [-0.39, 0.29) is 25.7 Å². The summed E-state index contributed by atoms with van der Waals surface area (Å²) in [5, 5.41) is 8.54. The zero-order valence-corrected chi connectivity index (χ0v) is 20.4. The largest absolute Gasteiger partial charge is 0.493 e. The SMILES string of the molecule is CCNC(=O)N(CCOC)CC(=O)N1N=C(c2ccccc2F)C[C@H]1c1ccc(OC)c(OC)c1. The molecule has 0 bridgehead atoms. The first-order chi connectivity index (χ1) is 16.9. The van der Waals surface area contributed by atoms with Crippen LogP contribution in [0.15, 0.2) is 47.6 Å². The maximum atomic E-state index is 14.6. The van der Waals surface area contributed by atoms with Crippen molar-refractivity contribution in [2.24, 2.45) is 5.10 Å². The van der Waals surface area contributed by atoms with E-state index in [1.54, 1.807) is 37.3 Å². The minimum absolute atomic E-state index is 0.215. The lowest BCUT2D eigenvalue weighted by molar-refractivity contribution is -0.133. The van der Waals surface area contributed by atoms with Gasteiger partial charge in [0.2, 0.25) is 0 Å². The van der Waals surface area contributed by atoms with Crippen molar-refractivity contribution in [1.29, 1.82) is 0 Å². The summed E-state index contributed by atoms with van der Waals surface area (Å²) in [4.78, 5) is 27.3. The Kier molecular flexibility index (Phi) is 9.02. The van der Waals surface area contributed by atoms with E-state index in [2.05, 4.69) is 10.4 Å². The summed E-state index contributed by atoms with van der Waals surface area (Å²) in [5.41, 5.74) is 1.51. The molecule has 1 heterocycles. The molecular formula is C25H31FN4O5. The van der Waals surface area contributed by atoms with E-state index in [4.69, 9.17) is 14.2 Å². The first-order valence-corrected chi connectivity index (χ1v) is 11.3. The molecule has 2 aromatic rings. The molecule has 10 heteroatoms. The fourth-order valence-corrected chi connectivity index (χ4v) is 3.87. The minimum Gasteiger partial charge on any atom is -0.493 e. The summed E-state index contributed by atoms with van der Waals surface area (Å²) in [6.45, 7) is 2.50. The van der Waals surface area contributed by atoms with Crippen LogP contribution in [0.1, 0.15) is 30.5 Å². The number of hydrogen-bond acceptors (Lipinski definition) is 6. The number of nitrogens with one attached hydrogen (secondary N) is 1. The molecule has 0 saturated heterocycles. The average molecular weight is 487 g/mol. The quantitative estimate of drug-likeness (QED) is 0.557. The lowest BCUT2D eigenvalue weighted by Crippen LogP contribution is -2.47. The van der Waals surface area contributed by atoms with E-state index < -0.39 is 17.8 Å². The number of nitrogens with zero attached hydrogens (tertiary/aromatic N) is 3. The van der Waals surface area contributed by atoms with Crippen molar-refractivity contribution in [1.82, 2.24) is 15.2 Å². The standard InChI is InChI=1S/C25H31FN4O5/c1-5-27-25(32)29(12-13-33-2)16-24(31)30-21(17-10-11-22(34-3)23(14-17)35-4)15-20(28-30)18-8-6-7-9-19(18)26/h6-11,14,21H,5,12-13,15-16H2,1-4H3,(H,27,32)/t21-/m0/s1. The number of ether oxygens (including phenoxy) is 3. The van der Waals surface area contributed by atoms with Crippen LogP contribution in [-0.2, 0) is 9.53 Å². The van der Waals surface area contributed by atoms with Gasteiger partial charge in [0.05, 0.1) is 32.6 Å². The van der Waals surface area contributed by atoms with E-state index in [1.807, 2.05) is 6.07 Å². The lowest BCUT2D eigenvalue weighted by Gasteiger charge is -2.27. The van der Waals surface area contributed by atoms with Crippen LogP contribution in [0.3, 0.4) is 0 Å². The van der Waals surface area contributed by atoms with Crippen molar-refractivity contribution in [3.8, 4) is 11.5 Å². The molecule has 3 rings (SSSR count). The molecule has 0 saturated carbocycles. The van der Waals surface area contributed by atoms with Crippen molar-refractivity contribution in [2.45, 2.75) is 19.4 Å². The van der Waals surface area contributed by atoms with Gasteiger partial charge in [-0.3, -0.25) is 4.79 Å². The van der Waals surface area contributed by atoms with Gasteiger partial charge in [-0.25, -0.2) is 14.2 Å². The summed E-state index contributed by atoms with van der Waals surface area (Å²) in [7, 11) is 4.59. The Hall–Kier alpha value is -3.66. The van der Waals surface area contributed by atoms with E-state index >= 15 is 0 Å². The summed E-state index contributed by atoms with van der Waals surface area (Å²) in [5.74, 6) is 0.222. The number of carbonyl (C=O) groups is 2. The lowest BCUT2D eigenvalue weighted by atomic mass is 9.97. The van der Waals surface area contributed by atoms with Crippen LogP contribution in [0.25, 0.3) is 0 Å². The molecule has 188 valence electrons. The fraction of sp³-hybridized carbons (Fsp3) is 0.400. The second kappa shape index (κ2) is 12.2. The van der Waals surface area contributed by atoms with Gasteiger partial charge in [-0.05, 0) is 30.7 Å². The molecular weight excluding hydrogens is 455 g/mol. The number of benzene rings is 2. The Morgan fingerprint density at radius 3 is 2.54 bits per heavy atom. The van der Waals surface area contributed by atoms with Crippen LogP contribution in [-0.4, -0.2) is 75.1 Å². The Balaban J connectivity index is 1.96. The van der Waals surface area contributed by atoms with E-state index in [0.29, 0.717) is 35.7 Å². The maximum Gasteiger partial charge on any atom is 0.317 e. The van der Waals surface area contributed by atoms with E-state index in [1.165, 1.54) is 37.3 Å². The third-order valence-electron chi connectivity index (χ3n) is 5.65. The van der Waals surface area contributed by atoms with Crippen LogP contribution < -0.4 is 14.8 Å². The molecule has 0 radical (unpaired) electrons. The van der Waals surface area contributed by atoms with Crippen LogP contribution in [0.5, 0.6) is 11.5 Å². The number of hydrogen-bond donors (Lipinski definition) is 1. The molecule has 0 aromatic heterocycles. The van der Waals surface area contributed by atoms with Crippen molar-refractivity contribution < 1.29 is 28.2 Å². The zero-order valence-electron chi connectivity index (χ0n) is 20.4. The van der Waals surface area contributed by atoms with Crippen molar-refractivity contribution >= 4 is 17.6 Å². The normalized spacial score (nSPS) is 14.9. The predicted molar refractivity (Wildman–Crippen MR) is 129 cm³/mol. The van der Waals surface area contributed by atoms with E-state index in [0.717, 1.165) is 5.56 Å². The summed E-state index contributed by atoms with van der Waals surface area (Å²) >= 11 is 0. The molecule has 0 spiro atoms. The molecule has 0 aliphatic carbocycles. The number of urea groups is 1. The molecule has 3 amide bonds. The molecule has 1 aliphatic rings. The highest BCUT2D eigenvalue weighted by atomic mass is 19.1. The molecule has 9 nitrogen and oxygen atoms in total. The molecule has 1 aliphatic heterocycles. The number of amides is 3. The Morgan fingerprint density at radius 2 is 1.89 bits per heavy atom. The topological polar surface area (TPSA) is 92.7 Å². The number of halogens is 1. The average Bonchev–Trinajstić information content (AvgIpc) is 3.31. The van der Waals surface area contributed by atoms with Gasteiger partial charge in [0.25, 0.3) is 5.91 Å². The van der Waals surface area contributed by atoms with Gasteiger partial charge in [0.15, 0.2) is 11.5 Å². The van der Waals surface area contributed by atoms with Gasteiger partial charge in [-0.15, -0.1) is 0 Å². The van der Waals surface area contributed by atoms with Crippen molar-refractivity contribution in [3.63, 3.8) is 0 Å². The van der Waals surface area contributed by atoms with Crippen LogP contribution in [0.2, 0.25) is 0 Å². The molecule has 1 N–H and O–H groups in total. The highest BCUT2D eigenvalue weighted by Crippen LogP contribution is 2.37. The minimum atomic E-state index is -0.518. The smallest absolute Gasteiger partial charge is 0.317 e. The maximum absolute atomic E-state index is 14.6. The first-order valence-electron chi connectivity index (χ1n) is 11.3. The summed E-state index contributed by atoms with van der Waals surface area (Å²) in [6, 6.07) is 10.8. The number of methoxy groups -OCH3 is 3. The number of hydrazone groups is 1. The Bertz CT molecular complexity index is 1080. The third-order valence-corrected chi connectivity index (χ3v) is 5.65. The number of rotatable bonds is 10. The predicted octanol–water partition coefficient (Wildman–Crippen LogP) is 3.20. The summed E-state index contributed by atoms with van der Waals surface area (Å²) in [6.07, 6.45) is 0.293. The van der Waals surface area contributed by atoms with Crippen molar-refractivity contribution in [2.75, 3.05) is 47.6 Å². The molecule has 2 aromatic carbocycles. The molecule has 0 unspecified atom stereocenters. The van der Waals surface area contributed by atoms with Crippen LogP contribution in [0.4, 0.5) is 9.18 Å². The first kappa shape index (κ1) is 26.0. The second-order valence-corrected chi connectivity index (χ2v) is 7.85. The van der Waals surface area contributed by atoms with Gasteiger partial charge in [-0.1, -0.05) is 24.3 Å². The monoisotopic (exact) mass is 486 g/mol. The Labute approximate surface area is 204 Å². The molecule has 0 fully saturated rings. The summed E-state index contributed by atoms with van der Waals surface area (Å²) < 4.78 is 30.4. The number of carbonyl (C=O) groups excluding carboxylic acids is 2. The molecule has 1 atom stereocenters. The second-order valence-electron chi connectivity index (χ2n) is 7.85. The fourth-order valence-electron chi connectivity index (χ4n) is 3.87. The van der Waals surface area contributed by atoms with E-state index in [9.17, 15) is 14.0 Å². The van der Waals surface area contributed by atoms with Crippen LogP contribution >= 0.6 is 0 Å². The van der Waals surface area contributed by atoms with Crippen LogP contribution in [0, 0.1) is 5.82 Å². The van der Waals surface area contributed by atoms with Gasteiger partial charge >= 0.3 is 6.03 Å². The highest BCUT2D eigenvalue weighted by molar-refractivity contribution is 6.03. The Morgan fingerprint density at radius 1 is 1.14 bits per heavy atom. The zero-order chi connectivity index (χ0) is 25.4. The van der Waals surface area contributed by atoms with Gasteiger partial charge < -0.3 is 24.4 Å². The van der Waals surface area contributed by atoms with Gasteiger partial charge in [0, 0.05) is 32.2 Å². The highest BCUT2D eigenvalue weighted by Gasteiger charge is 2.35. The molecule has 35 heavy (non-hydrogen) atoms. The third kappa shape index (κ3) is 6.07. The van der Waals surface area contributed by atoms with Gasteiger partial charge in [-0.2, -0.15) is 5.10 Å². The van der Waals surface area contributed by atoms with Gasteiger partial charge in [0.1, 0.15) is 12.4 Å². The van der Waals surface area contributed by atoms with Crippen molar-refractivity contribution in [3.05, 3.63) is 59.4 Å².